The van der Waals surface area contributed by atoms with Crippen LogP contribution in [-0.2, 0) is 16.1 Å². The second-order valence-corrected chi connectivity index (χ2v) is 4.39. The van der Waals surface area contributed by atoms with E-state index in [9.17, 15) is 4.79 Å². The molecule has 1 aromatic carbocycles. The number of carbonyl (C=O) groups excluding carboxylic acids is 1. The third kappa shape index (κ3) is 6.82. The van der Waals surface area contributed by atoms with E-state index < -0.39 is 0 Å². The average Bonchev–Trinajstić information content (AvgIpc) is 2.45. The zero-order valence-electron chi connectivity index (χ0n) is 11.8. The summed E-state index contributed by atoms with van der Waals surface area (Å²) in [5, 5.41) is 3.40. The van der Waals surface area contributed by atoms with Crippen molar-refractivity contribution in [3.63, 3.8) is 0 Å². The van der Waals surface area contributed by atoms with Crippen molar-refractivity contribution in [1.29, 1.82) is 0 Å². The summed E-state index contributed by atoms with van der Waals surface area (Å²) >= 11 is 0. The Hall–Kier alpha value is -1.55. The van der Waals surface area contributed by atoms with Gasteiger partial charge in [0.25, 0.3) is 0 Å². The lowest BCUT2D eigenvalue weighted by Gasteiger charge is -2.07. The Bertz CT molecular complexity index is 362. The van der Waals surface area contributed by atoms with E-state index in [1.807, 2.05) is 24.3 Å². The van der Waals surface area contributed by atoms with Gasteiger partial charge in [-0.1, -0.05) is 31.9 Å². The molecule has 0 saturated heterocycles. The van der Waals surface area contributed by atoms with E-state index >= 15 is 0 Å². The van der Waals surface area contributed by atoms with Crippen LogP contribution in [0.1, 0.15) is 31.7 Å². The van der Waals surface area contributed by atoms with Crippen LogP contribution < -0.4 is 10.1 Å². The minimum Gasteiger partial charge on any atom is -0.482 e. The van der Waals surface area contributed by atoms with Crippen LogP contribution in [0.15, 0.2) is 24.3 Å². The number of carbonyl (C=O) groups is 1. The molecule has 4 heteroatoms. The highest BCUT2D eigenvalue weighted by Crippen LogP contribution is 2.12. The molecule has 19 heavy (non-hydrogen) atoms. The molecule has 0 spiro atoms. The van der Waals surface area contributed by atoms with E-state index in [0.29, 0.717) is 5.75 Å². The molecule has 0 saturated carbocycles. The standard InChI is InChI=1S/C15H23NO3/c1-3-4-5-10-16-11-13-6-8-14(9-7-13)19-12-15(17)18-2/h6-9,16H,3-5,10-12H2,1-2H3. The predicted molar refractivity (Wildman–Crippen MR) is 75.2 cm³/mol. The topological polar surface area (TPSA) is 47.6 Å². The highest BCUT2D eigenvalue weighted by Gasteiger charge is 2.01. The van der Waals surface area contributed by atoms with Crippen LogP contribution in [0.5, 0.6) is 5.75 Å². The van der Waals surface area contributed by atoms with Crippen molar-refractivity contribution >= 4 is 5.97 Å². The molecule has 1 N–H and O–H groups in total. The summed E-state index contributed by atoms with van der Waals surface area (Å²) in [7, 11) is 1.35. The van der Waals surface area contributed by atoms with Gasteiger partial charge in [-0.05, 0) is 30.7 Å². The summed E-state index contributed by atoms with van der Waals surface area (Å²) in [5.41, 5.74) is 1.21. The van der Waals surface area contributed by atoms with Gasteiger partial charge < -0.3 is 14.8 Å². The van der Waals surface area contributed by atoms with Gasteiger partial charge in [0.15, 0.2) is 6.61 Å². The monoisotopic (exact) mass is 265 g/mol. The van der Waals surface area contributed by atoms with E-state index in [1.165, 1.54) is 31.9 Å². The Morgan fingerprint density at radius 3 is 2.58 bits per heavy atom. The molecule has 0 aliphatic rings. The fourth-order valence-corrected chi connectivity index (χ4v) is 1.64. The highest BCUT2D eigenvalue weighted by molar-refractivity contribution is 5.70. The van der Waals surface area contributed by atoms with Gasteiger partial charge in [0.1, 0.15) is 5.75 Å². The van der Waals surface area contributed by atoms with Crippen molar-refractivity contribution in [2.45, 2.75) is 32.7 Å². The highest BCUT2D eigenvalue weighted by atomic mass is 16.6. The second kappa shape index (κ2) is 9.39. The van der Waals surface area contributed by atoms with Crippen LogP contribution in [0.25, 0.3) is 0 Å². The number of hydrogen-bond acceptors (Lipinski definition) is 4. The van der Waals surface area contributed by atoms with Gasteiger partial charge in [-0.15, -0.1) is 0 Å². The fraction of sp³-hybridized carbons (Fsp3) is 0.533. The zero-order chi connectivity index (χ0) is 13.9. The summed E-state index contributed by atoms with van der Waals surface area (Å²) in [4.78, 5) is 10.9. The molecule has 1 aromatic rings. The molecular formula is C15H23NO3. The van der Waals surface area contributed by atoms with Crippen LogP contribution in [0.4, 0.5) is 0 Å². The molecule has 106 valence electrons. The Morgan fingerprint density at radius 2 is 1.95 bits per heavy atom. The normalized spacial score (nSPS) is 10.2. The molecular weight excluding hydrogens is 242 g/mol. The quantitative estimate of drug-likeness (QED) is 0.550. The summed E-state index contributed by atoms with van der Waals surface area (Å²) in [6.07, 6.45) is 3.73. The van der Waals surface area contributed by atoms with E-state index in [-0.39, 0.29) is 12.6 Å². The van der Waals surface area contributed by atoms with Crippen molar-refractivity contribution in [2.75, 3.05) is 20.3 Å². The molecule has 0 amide bonds. The molecule has 0 bridgehead atoms. The third-order valence-electron chi connectivity index (χ3n) is 2.79. The van der Waals surface area contributed by atoms with Gasteiger partial charge in [0, 0.05) is 6.54 Å². The summed E-state index contributed by atoms with van der Waals surface area (Å²) in [5.74, 6) is 0.307. The maximum atomic E-state index is 10.9. The lowest BCUT2D eigenvalue weighted by atomic mass is 10.2. The first kappa shape index (κ1) is 15.5. The van der Waals surface area contributed by atoms with Crippen LogP contribution in [0.3, 0.4) is 0 Å². The van der Waals surface area contributed by atoms with Crippen molar-refractivity contribution < 1.29 is 14.3 Å². The number of methoxy groups -OCH3 is 1. The molecule has 0 radical (unpaired) electrons. The molecule has 0 unspecified atom stereocenters. The van der Waals surface area contributed by atoms with Crippen molar-refractivity contribution in [1.82, 2.24) is 5.32 Å². The first-order valence-electron chi connectivity index (χ1n) is 6.75. The summed E-state index contributed by atoms with van der Waals surface area (Å²) in [6, 6.07) is 7.73. The molecule has 0 fully saturated rings. The van der Waals surface area contributed by atoms with E-state index in [4.69, 9.17) is 4.74 Å². The predicted octanol–water partition coefficient (Wildman–Crippen LogP) is 2.52. The number of ether oxygens (including phenoxy) is 2. The Kier molecular flexibility index (Phi) is 7.66. The number of benzene rings is 1. The van der Waals surface area contributed by atoms with E-state index in [1.54, 1.807) is 0 Å². The fourth-order valence-electron chi connectivity index (χ4n) is 1.64. The summed E-state index contributed by atoms with van der Waals surface area (Å²) < 4.78 is 9.78. The van der Waals surface area contributed by atoms with Crippen molar-refractivity contribution in [2.24, 2.45) is 0 Å². The average molecular weight is 265 g/mol. The van der Waals surface area contributed by atoms with Gasteiger partial charge in [0.2, 0.25) is 0 Å². The van der Waals surface area contributed by atoms with Crippen molar-refractivity contribution in [3.05, 3.63) is 29.8 Å². The zero-order valence-corrected chi connectivity index (χ0v) is 11.8. The number of rotatable bonds is 9. The Balaban J connectivity index is 2.25. The number of esters is 1. The number of unbranched alkanes of at least 4 members (excludes halogenated alkanes) is 2. The lowest BCUT2D eigenvalue weighted by Crippen LogP contribution is -2.14. The van der Waals surface area contributed by atoms with E-state index in [2.05, 4.69) is 17.0 Å². The molecule has 0 atom stereocenters. The van der Waals surface area contributed by atoms with Gasteiger partial charge in [-0.25, -0.2) is 4.79 Å². The first-order valence-corrected chi connectivity index (χ1v) is 6.75. The largest absolute Gasteiger partial charge is 0.482 e. The summed E-state index contributed by atoms with van der Waals surface area (Å²) in [6.45, 7) is 4.06. The smallest absolute Gasteiger partial charge is 0.343 e. The van der Waals surface area contributed by atoms with Gasteiger partial charge in [0.05, 0.1) is 7.11 Å². The minimum atomic E-state index is -0.373. The SMILES string of the molecule is CCCCCNCc1ccc(OCC(=O)OC)cc1. The maximum Gasteiger partial charge on any atom is 0.343 e. The Labute approximate surface area is 115 Å². The van der Waals surface area contributed by atoms with Crippen molar-refractivity contribution in [3.8, 4) is 5.75 Å². The molecule has 0 aromatic heterocycles. The van der Waals surface area contributed by atoms with Gasteiger partial charge in [-0.3, -0.25) is 0 Å². The van der Waals surface area contributed by atoms with Crippen LogP contribution in [0.2, 0.25) is 0 Å². The third-order valence-corrected chi connectivity index (χ3v) is 2.79. The molecule has 0 aliphatic heterocycles. The van der Waals surface area contributed by atoms with Crippen LogP contribution in [-0.4, -0.2) is 26.2 Å². The Morgan fingerprint density at radius 1 is 1.21 bits per heavy atom. The lowest BCUT2D eigenvalue weighted by molar-refractivity contribution is -0.142. The maximum absolute atomic E-state index is 10.9. The second-order valence-electron chi connectivity index (χ2n) is 4.39. The van der Waals surface area contributed by atoms with Gasteiger partial charge in [-0.2, -0.15) is 0 Å². The van der Waals surface area contributed by atoms with Gasteiger partial charge >= 0.3 is 5.97 Å². The molecule has 4 nitrogen and oxygen atoms in total. The first-order chi connectivity index (χ1) is 9.26. The molecule has 1 rings (SSSR count). The van der Waals surface area contributed by atoms with Crippen LogP contribution in [0, 0.1) is 0 Å². The van der Waals surface area contributed by atoms with E-state index in [0.717, 1.165) is 13.1 Å². The number of nitrogens with one attached hydrogen (secondary N) is 1. The number of hydrogen-bond donors (Lipinski definition) is 1. The molecule has 0 aliphatic carbocycles. The molecule has 0 heterocycles. The van der Waals surface area contributed by atoms with Crippen LogP contribution >= 0.6 is 0 Å². The minimum absolute atomic E-state index is 0.0505.